The average molecular weight is 164 g/mol. The zero-order chi connectivity index (χ0) is 8.81. The summed E-state index contributed by atoms with van der Waals surface area (Å²) in [4.78, 5) is 9.78. The van der Waals surface area contributed by atoms with Gasteiger partial charge in [0.15, 0.2) is 0 Å². The Morgan fingerprint density at radius 1 is 1.33 bits per heavy atom. The van der Waals surface area contributed by atoms with E-state index in [4.69, 9.17) is 5.11 Å². The molecule has 0 spiro atoms. The maximum Gasteiger partial charge on any atom is 0.227 e. The molecule has 0 aliphatic rings. The number of hydrazone groups is 1. The van der Waals surface area contributed by atoms with Gasteiger partial charge in [0, 0.05) is 0 Å². The Morgan fingerprint density at radius 3 is 2.58 bits per heavy atom. The normalized spacial score (nSPS) is 10.0. The van der Waals surface area contributed by atoms with Crippen LogP contribution in [0.2, 0.25) is 0 Å². The minimum absolute atomic E-state index is 0.204. The third-order valence-corrected chi connectivity index (χ3v) is 1.23. The number of amides is 1. The van der Waals surface area contributed by atoms with Crippen LogP contribution >= 0.6 is 0 Å². The Bertz CT molecular complexity index is 280. The summed E-state index contributed by atoms with van der Waals surface area (Å²) >= 11 is 0. The fourth-order valence-electron chi connectivity index (χ4n) is 0.703. The Balaban J connectivity index is 2.64. The third kappa shape index (κ3) is 2.42. The van der Waals surface area contributed by atoms with Crippen molar-refractivity contribution in [2.75, 3.05) is 0 Å². The van der Waals surface area contributed by atoms with Gasteiger partial charge in [-0.15, -0.1) is 0 Å². The Morgan fingerprint density at radius 2 is 2.00 bits per heavy atom. The number of phenols is 1. The minimum Gasteiger partial charge on any atom is -0.508 e. The molecule has 62 valence electrons. The number of aromatic hydroxyl groups is 1. The maximum absolute atomic E-state index is 9.78. The van der Waals surface area contributed by atoms with E-state index < -0.39 is 0 Å². The molecule has 0 radical (unpaired) electrons. The second kappa shape index (κ2) is 4.12. The SMILES string of the molecule is O=CN/N=C/c1ccc(O)cc1. The van der Waals surface area contributed by atoms with Crippen LogP contribution in [0.3, 0.4) is 0 Å². The summed E-state index contributed by atoms with van der Waals surface area (Å²) < 4.78 is 0. The van der Waals surface area contributed by atoms with Crippen LogP contribution in [-0.4, -0.2) is 17.7 Å². The first-order valence-electron chi connectivity index (χ1n) is 3.34. The van der Waals surface area contributed by atoms with Crippen LogP contribution in [0.1, 0.15) is 5.56 Å². The molecule has 1 aromatic carbocycles. The molecule has 0 heterocycles. The first kappa shape index (κ1) is 8.26. The van der Waals surface area contributed by atoms with E-state index in [1.807, 2.05) is 0 Å². The fourth-order valence-corrected chi connectivity index (χ4v) is 0.703. The number of phenolic OH excluding ortho intramolecular Hbond substituents is 1. The first-order valence-corrected chi connectivity index (χ1v) is 3.34. The van der Waals surface area contributed by atoms with Crippen molar-refractivity contribution >= 4 is 12.6 Å². The van der Waals surface area contributed by atoms with Crippen molar-refractivity contribution in [2.45, 2.75) is 0 Å². The molecular weight excluding hydrogens is 156 g/mol. The second-order valence-electron chi connectivity index (χ2n) is 2.10. The number of hydrogen-bond acceptors (Lipinski definition) is 3. The molecule has 0 atom stereocenters. The van der Waals surface area contributed by atoms with E-state index in [0.29, 0.717) is 6.41 Å². The molecule has 0 aromatic heterocycles. The lowest BCUT2D eigenvalue weighted by atomic mass is 10.2. The van der Waals surface area contributed by atoms with Crippen molar-refractivity contribution in [2.24, 2.45) is 5.10 Å². The van der Waals surface area contributed by atoms with E-state index in [9.17, 15) is 4.79 Å². The molecular formula is C8H8N2O2. The van der Waals surface area contributed by atoms with Crippen molar-refractivity contribution in [1.29, 1.82) is 0 Å². The third-order valence-electron chi connectivity index (χ3n) is 1.23. The highest BCUT2D eigenvalue weighted by molar-refractivity contribution is 5.80. The van der Waals surface area contributed by atoms with Crippen LogP contribution in [0.4, 0.5) is 0 Å². The molecule has 0 aliphatic heterocycles. The lowest BCUT2D eigenvalue weighted by Gasteiger charge is -1.92. The van der Waals surface area contributed by atoms with Crippen molar-refractivity contribution in [3.8, 4) is 5.75 Å². The van der Waals surface area contributed by atoms with E-state index in [1.165, 1.54) is 6.21 Å². The highest BCUT2D eigenvalue weighted by Gasteiger charge is 1.87. The van der Waals surface area contributed by atoms with E-state index >= 15 is 0 Å². The van der Waals surface area contributed by atoms with Gasteiger partial charge in [0.2, 0.25) is 6.41 Å². The van der Waals surface area contributed by atoms with E-state index in [1.54, 1.807) is 24.3 Å². The summed E-state index contributed by atoms with van der Waals surface area (Å²) in [5.41, 5.74) is 2.95. The molecule has 0 saturated heterocycles. The van der Waals surface area contributed by atoms with Crippen molar-refractivity contribution in [1.82, 2.24) is 5.43 Å². The molecule has 0 fully saturated rings. The van der Waals surface area contributed by atoms with Gasteiger partial charge < -0.3 is 5.11 Å². The number of benzene rings is 1. The topological polar surface area (TPSA) is 61.7 Å². The molecule has 0 aliphatic carbocycles. The lowest BCUT2D eigenvalue weighted by Crippen LogP contribution is -2.00. The van der Waals surface area contributed by atoms with Crippen LogP contribution in [0.15, 0.2) is 29.4 Å². The Labute approximate surface area is 69.5 Å². The van der Waals surface area contributed by atoms with Crippen LogP contribution in [0, 0.1) is 0 Å². The smallest absolute Gasteiger partial charge is 0.227 e. The monoisotopic (exact) mass is 164 g/mol. The molecule has 12 heavy (non-hydrogen) atoms. The average Bonchev–Trinajstić information content (AvgIpc) is 2.09. The molecule has 1 amide bonds. The zero-order valence-corrected chi connectivity index (χ0v) is 6.27. The van der Waals surface area contributed by atoms with Crippen molar-refractivity contribution in [3.63, 3.8) is 0 Å². The van der Waals surface area contributed by atoms with Crippen LogP contribution in [0.5, 0.6) is 5.75 Å². The van der Waals surface area contributed by atoms with Gasteiger partial charge in [0.1, 0.15) is 5.75 Å². The van der Waals surface area contributed by atoms with Gasteiger partial charge in [-0.3, -0.25) is 4.79 Å². The number of carbonyl (C=O) groups is 1. The zero-order valence-electron chi connectivity index (χ0n) is 6.27. The second-order valence-corrected chi connectivity index (χ2v) is 2.10. The van der Waals surface area contributed by atoms with Crippen LogP contribution in [-0.2, 0) is 4.79 Å². The number of hydrogen-bond donors (Lipinski definition) is 2. The van der Waals surface area contributed by atoms with Crippen LogP contribution < -0.4 is 5.43 Å². The fraction of sp³-hybridized carbons (Fsp3) is 0. The molecule has 0 bridgehead atoms. The van der Waals surface area contributed by atoms with Gasteiger partial charge in [-0.2, -0.15) is 5.10 Å². The van der Waals surface area contributed by atoms with E-state index in [-0.39, 0.29) is 5.75 Å². The van der Waals surface area contributed by atoms with Gasteiger partial charge >= 0.3 is 0 Å². The number of rotatable bonds is 3. The lowest BCUT2D eigenvalue weighted by molar-refractivity contribution is -0.109. The molecule has 0 unspecified atom stereocenters. The molecule has 2 N–H and O–H groups in total. The molecule has 4 nitrogen and oxygen atoms in total. The summed E-state index contributed by atoms with van der Waals surface area (Å²) in [5.74, 6) is 0.204. The maximum atomic E-state index is 9.78. The predicted molar refractivity (Wildman–Crippen MR) is 44.9 cm³/mol. The Kier molecular flexibility index (Phi) is 2.84. The van der Waals surface area contributed by atoms with E-state index in [2.05, 4.69) is 10.5 Å². The predicted octanol–water partition coefficient (Wildman–Crippen LogP) is 0.472. The van der Waals surface area contributed by atoms with Crippen molar-refractivity contribution < 1.29 is 9.90 Å². The summed E-state index contributed by atoms with van der Waals surface area (Å²) in [7, 11) is 0. The summed E-state index contributed by atoms with van der Waals surface area (Å²) in [5, 5.41) is 12.5. The largest absolute Gasteiger partial charge is 0.508 e. The number of nitrogens with zero attached hydrogens (tertiary/aromatic N) is 1. The Hall–Kier alpha value is -1.84. The highest BCUT2D eigenvalue weighted by Crippen LogP contribution is 2.07. The summed E-state index contributed by atoms with van der Waals surface area (Å²) in [6.45, 7) is 0. The van der Waals surface area contributed by atoms with Crippen molar-refractivity contribution in [3.05, 3.63) is 29.8 Å². The van der Waals surface area contributed by atoms with Crippen LogP contribution in [0.25, 0.3) is 0 Å². The number of nitrogens with one attached hydrogen (secondary N) is 1. The minimum atomic E-state index is 0.204. The van der Waals surface area contributed by atoms with Gasteiger partial charge in [-0.25, -0.2) is 5.43 Å². The quantitative estimate of drug-likeness (QED) is 0.387. The molecule has 0 saturated carbocycles. The first-order chi connectivity index (χ1) is 5.83. The standard InChI is InChI=1S/C8H8N2O2/c11-6-10-9-5-7-1-3-8(12)4-2-7/h1-6,12H,(H,10,11)/b9-5+. The summed E-state index contributed by atoms with van der Waals surface area (Å²) in [6.07, 6.45) is 1.96. The van der Waals surface area contributed by atoms with Gasteiger partial charge in [0.25, 0.3) is 0 Å². The van der Waals surface area contributed by atoms with Gasteiger partial charge in [-0.05, 0) is 29.8 Å². The molecule has 4 heteroatoms. The van der Waals surface area contributed by atoms with Gasteiger partial charge in [0.05, 0.1) is 6.21 Å². The summed E-state index contributed by atoms with van der Waals surface area (Å²) in [6, 6.07) is 6.46. The van der Waals surface area contributed by atoms with E-state index in [0.717, 1.165) is 5.56 Å². The van der Waals surface area contributed by atoms with Gasteiger partial charge in [-0.1, -0.05) is 0 Å². The molecule has 1 rings (SSSR count). The molecule has 1 aromatic rings. The number of carbonyl (C=O) groups excluding carboxylic acids is 1. The highest BCUT2D eigenvalue weighted by atomic mass is 16.3.